The molecular formula is C17H33N5O. The molecule has 2 aliphatic heterocycles. The van der Waals surface area contributed by atoms with Crippen molar-refractivity contribution in [3.63, 3.8) is 0 Å². The first kappa shape index (κ1) is 18.0. The third-order valence-corrected chi connectivity index (χ3v) is 5.04. The summed E-state index contributed by atoms with van der Waals surface area (Å²) < 4.78 is 0. The minimum Gasteiger partial charge on any atom is -0.355 e. The van der Waals surface area contributed by atoms with Gasteiger partial charge in [-0.15, -0.1) is 0 Å². The van der Waals surface area contributed by atoms with Crippen LogP contribution in [0.4, 0.5) is 0 Å². The van der Waals surface area contributed by atoms with E-state index in [0.717, 1.165) is 38.4 Å². The first-order valence-electron chi connectivity index (χ1n) is 9.16. The fourth-order valence-corrected chi connectivity index (χ4v) is 3.57. The molecule has 23 heavy (non-hydrogen) atoms. The van der Waals surface area contributed by atoms with E-state index in [9.17, 15) is 4.79 Å². The molecule has 0 aromatic heterocycles. The molecule has 2 heterocycles. The Bertz CT molecular complexity index is 406. The molecule has 6 nitrogen and oxygen atoms in total. The Morgan fingerprint density at radius 2 is 2.00 bits per heavy atom. The summed E-state index contributed by atoms with van der Waals surface area (Å²) in [6.07, 6.45) is 5.40. The topological polar surface area (TPSA) is 60.0 Å². The zero-order chi connectivity index (χ0) is 16.7. The molecule has 2 unspecified atom stereocenters. The molecular weight excluding hydrogens is 290 g/mol. The second-order valence-corrected chi connectivity index (χ2v) is 6.58. The van der Waals surface area contributed by atoms with E-state index in [2.05, 4.69) is 27.4 Å². The molecule has 0 spiro atoms. The average molecular weight is 323 g/mol. The summed E-state index contributed by atoms with van der Waals surface area (Å²) in [5.41, 5.74) is 0. The number of guanidine groups is 1. The van der Waals surface area contributed by atoms with E-state index in [1.165, 1.54) is 25.9 Å². The maximum absolute atomic E-state index is 11.8. The number of carbonyl (C=O) groups is 1. The quantitative estimate of drug-likeness (QED) is 0.566. The second-order valence-electron chi connectivity index (χ2n) is 6.58. The number of carbonyl (C=O) groups excluding carboxylic acids is 1. The van der Waals surface area contributed by atoms with Gasteiger partial charge in [-0.25, -0.2) is 0 Å². The van der Waals surface area contributed by atoms with Crippen LogP contribution < -0.4 is 10.6 Å². The van der Waals surface area contributed by atoms with E-state index in [0.29, 0.717) is 18.5 Å². The lowest BCUT2D eigenvalue weighted by Crippen LogP contribution is -2.49. The molecule has 2 fully saturated rings. The van der Waals surface area contributed by atoms with Gasteiger partial charge in [-0.2, -0.15) is 0 Å². The SMILES string of the molecule is CCC(=O)N1CCC(NC(=NC)NCC(CC)N2CCCC2)C1. The van der Waals surface area contributed by atoms with Crippen LogP contribution >= 0.6 is 0 Å². The van der Waals surface area contributed by atoms with Crippen LogP contribution in [0.5, 0.6) is 0 Å². The van der Waals surface area contributed by atoms with Crippen LogP contribution in [-0.2, 0) is 4.79 Å². The Kier molecular flexibility index (Phi) is 7.15. The van der Waals surface area contributed by atoms with Crippen LogP contribution in [-0.4, -0.2) is 73.5 Å². The second kappa shape index (κ2) is 9.11. The van der Waals surface area contributed by atoms with E-state index in [1.54, 1.807) is 0 Å². The van der Waals surface area contributed by atoms with Crippen molar-refractivity contribution in [2.45, 2.75) is 58.0 Å². The van der Waals surface area contributed by atoms with Gasteiger partial charge in [0.25, 0.3) is 0 Å². The van der Waals surface area contributed by atoms with E-state index in [1.807, 2.05) is 18.9 Å². The molecule has 132 valence electrons. The Morgan fingerprint density at radius 1 is 1.26 bits per heavy atom. The number of rotatable bonds is 6. The standard InChI is InChI=1S/C17H33N5O/c1-4-15(21-9-6-7-10-21)12-19-17(18-3)20-14-8-11-22(13-14)16(23)5-2/h14-15H,4-13H2,1-3H3,(H2,18,19,20). The molecule has 2 atom stereocenters. The van der Waals surface area contributed by atoms with Crippen LogP contribution in [0.3, 0.4) is 0 Å². The van der Waals surface area contributed by atoms with E-state index >= 15 is 0 Å². The van der Waals surface area contributed by atoms with Crippen molar-refractivity contribution in [1.82, 2.24) is 20.4 Å². The maximum Gasteiger partial charge on any atom is 0.222 e. The highest BCUT2D eigenvalue weighted by molar-refractivity contribution is 5.80. The summed E-state index contributed by atoms with van der Waals surface area (Å²) in [4.78, 5) is 20.6. The summed E-state index contributed by atoms with van der Waals surface area (Å²) in [6, 6.07) is 0.890. The predicted octanol–water partition coefficient (Wildman–Crippen LogP) is 1.04. The van der Waals surface area contributed by atoms with Crippen molar-refractivity contribution in [3.05, 3.63) is 0 Å². The van der Waals surface area contributed by atoms with Crippen LogP contribution in [0.1, 0.15) is 46.0 Å². The molecule has 6 heteroatoms. The van der Waals surface area contributed by atoms with E-state index in [4.69, 9.17) is 0 Å². The molecule has 0 bridgehead atoms. The Morgan fingerprint density at radius 3 is 2.61 bits per heavy atom. The smallest absolute Gasteiger partial charge is 0.222 e. The van der Waals surface area contributed by atoms with Gasteiger partial charge in [0.15, 0.2) is 5.96 Å². The summed E-state index contributed by atoms with van der Waals surface area (Å²) in [5, 5.41) is 6.95. The lowest BCUT2D eigenvalue weighted by molar-refractivity contribution is -0.129. The third kappa shape index (κ3) is 5.09. The van der Waals surface area contributed by atoms with E-state index < -0.39 is 0 Å². The highest BCUT2D eigenvalue weighted by Crippen LogP contribution is 2.13. The van der Waals surface area contributed by atoms with Crippen molar-refractivity contribution in [2.75, 3.05) is 39.8 Å². The fraction of sp³-hybridized carbons (Fsp3) is 0.882. The lowest BCUT2D eigenvalue weighted by Gasteiger charge is -2.28. The van der Waals surface area contributed by atoms with Gasteiger partial charge in [0.05, 0.1) is 0 Å². The minimum absolute atomic E-state index is 0.248. The Hall–Kier alpha value is -1.30. The molecule has 0 aromatic carbocycles. The third-order valence-electron chi connectivity index (χ3n) is 5.04. The molecule has 0 aromatic rings. The molecule has 2 saturated heterocycles. The molecule has 0 saturated carbocycles. The Labute approximate surface area is 140 Å². The van der Waals surface area contributed by atoms with Gasteiger partial charge in [0, 0.05) is 45.2 Å². The van der Waals surface area contributed by atoms with Gasteiger partial charge in [-0.05, 0) is 38.8 Å². The number of likely N-dealkylation sites (tertiary alicyclic amines) is 2. The van der Waals surface area contributed by atoms with Gasteiger partial charge < -0.3 is 15.5 Å². The van der Waals surface area contributed by atoms with Crippen LogP contribution in [0.15, 0.2) is 4.99 Å². The average Bonchev–Trinajstić information content (AvgIpc) is 3.25. The van der Waals surface area contributed by atoms with Crippen LogP contribution in [0.25, 0.3) is 0 Å². The number of nitrogens with one attached hydrogen (secondary N) is 2. The summed E-state index contributed by atoms with van der Waals surface area (Å²) in [7, 11) is 1.82. The van der Waals surface area contributed by atoms with Crippen LogP contribution in [0, 0.1) is 0 Å². The monoisotopic (exact) mass is 323 g/mol. The van der Waals surface area contributed by atoms with Gasteiger partial charge in [-0.3, -0.25) is 14.7 Å². The van der Waals surface area contributed by atoms with Gasteiger partial charge >= 0.3 is 0 Å². The first-order chi connectivity index (χ1) is 11.2. The zero-order valence-electron chi connectivity index (χ0n) is 15.0. The van der Waals surface area contributed by atoms with Crippen molar-refractivity contribution in [3.8, 4) is 0 Å². The predicted molar refractivity (Wildman–Crippen MR) is 94.7 cm³/mol. The largest absolute Gasteiger partial charge is 0.355 e. The van der Waals surface area contributed by atoms with Gasteiger partial charge in [-0.1, -0.05) is 13.8 Å². The normalized spacial score (nSPS) is 24.0. The molecule has 0 aliphatic carbocycles. The summed E-state index contributed by atoms with van der Waals surface area (Å²) in [6.45, 7) is 9.20. The van der Waals surface area contributed by atoms with Gasteiger partial charge in [0.2, 0.25) is 5.91 Å². The van der Waals surface area contributed by atoms with Crippen molar-refractivity contribution >= 4 is 11.9 Å². The highest BCUT2D eigenvalue weighted by atomic mass is 16.2. The summed E-state index contributed by atoms with van der Waals surface area (Å²) in [5.74, 6) is 1.11. The van der Waals surface area contributed by atoms with Gasteiger partial charge in [0.1, 0.15) is 0 Å². The van der Waals surface area contributed by atoms with Crippen molar-refractivity contribution in [2.24, 2.45) is 4.99 Å². The molecule has 0 radical (unpaired) electrons. The fourth-order valence-electron chi connectivity index (χ4n) is 3.57. The maximum atomic E-state index is 11.8. The molecule has 2 aliphatic rings. The van der Waals surface area contributed by atoms with Crippen LogP contribution in [0.2, 0.25) is 0 Å². The lowest BCUT2D eigenvalue weighted by atomic mass is 10.2. The zero-order valence-corrected chi connectivity index (χ0v) is 15.0. The molecule has 1 amide bonds. The molecule has 2 N–H and O–H groups in total. The van der Waals surface area contributed by atoms with E-state index in [-0.39, 0.29) is 5.91 Å². The number of nitrogens with zero attached hydrogens (tertiary/aromatic N) is 3. The minimum atomic E-state index is 0.248. The summed E-state index contributed by atoms with van der Waals surface area (Å²) >= 11 is 0. The van der Waals surface area contributed by atoms with Crippen molar-refractivity contribution < 1.29 is 4.79 Å². The number of aliphatic imine (C=N–C) groups is 1. The number of hydrogen-bond donors (Lipinski definition) is 2. The Balaban J connectivity index is 1.76. The first-order valence-corrected chi connectivity index (χ1v) is 9.16. The number of amides is 1. The number of hydrogen-bond acceptors (Lipinski definition) is 3. The molecule has 2 rings (SSSR count). The van der Waals surface area contributed by atoms with Crippen molar-refractivity contribution in [1.29, 1.82) is 0 Å². The highest BCUT2D eigenvalue weighted by Gasteiger charge is 2.26.